The standard InChI is InChI=1S/C33H40N4O/c1-21-9-10-24(31(33(3,4)5)27-11-12-28(35-6)32(34)22(27)2)16-25(21)19-37-14-15-38-30-18-23-8-7-13-36-29(23)17-26(30)20-37/h7-13,16-18,31,35H,14-15,19-20,34H2,1-6H3. The van der Waals surface area contributed by atoms with Gasteiger partial charge in [-0.3, -0.25) is 9.88 Å². The van der Waals surface area contributed by atoms with Crippen molar-refractivity contribution >= 4 is 22.3 Å². The molecule has 0 amide bonds. The molecule has 0 saturated carbocycles. The van der Waals surface area contributed by atoms with Crippen molar-refractivity contribution in [1.82, 2.24) is 9.88 Å². The fourth-order valence-electron chi connectivity index (χ4n) is 5.84. The second-order valence-electron chi connectivity index (χ2n) is 11.7. The predicted octanol–water partition coefficient (Wildman–Crippen LogP) is 7.05. The molecule has 0 saturated heterocycles. The summed E-state index contributed by atoms with van der Waals surface area (Å²) in [5, 5.41) is 4.34. The summed E-state index contributed by atoms with van der Waals surface area (Å²) in [6.45, 7) is 14.6. The first-order valence-electron chi connectivity index (χ1n) is 13.5. The van der Waals surface area contributed by atoms with Crippen LogP contribution in [0.5, 0.6) is 5.75 Å². The molecule has 198 valence electrons. The summed E-state index contributed by atoms with van der Waals surface area (Å²) in [5.41, 5.74) is 17.0. The highest BCUT2D eigenvalue weighted by atomic mass is 16.5. The van der Waals surface area contributed by atoms with Gasteiger partial charge in [-0.1, -0.05) is 51.1 Å². The number of hydrogen-bond donors (Lipinski definition) is 2. The molecule has 0 radical (unpaired) electrons. The highest BCUT2D eigenvalue weighted by molar-refractivity contribution is 5.81. The van der Waals surface area contributed by atoms with Crippen molar-refractivity contribution in [3.05, 3.63) is 94.2 Å². The molecule has 4 aromatic rings. The van der Waals surface area contributed by atoms with Gasteiger partial charge < -0.3 is 15.8 Å². The molecular formula is C33H40N4O. The summed E-state index contributed by atoms with van der Waals surface area (Å²) in [5.74, 6) is 1.20. The Morgan fingerprint density at radius 3 is 2.66 bits per heavy atom. The number of nitrogens with one attached hydrogen (secondary N) is 1. The minimum Gasteiger partial charge on any atom is -0.492 e. The van der Waals surface area contributed by atoms with Crippen molar-refractivity contribution in [2.75, 3.05) is 31.2 Å². The normalized spacial score (nSPS) is 15.0. The molecule has 0 bridgehead atoms. The molecule has 38 heavy (non-hydrogen) atoms. The summed E-state index contributed by atoms with van der Waals surface area (Å²) in [6.07, 6.45) is 1.85. The van der Waals surface area contributed by atoms with Gasteiger partial charge in [-0.05, 0) is 71.3 Å². The van der Waals surface area contributed by atoms with Crippen molar-refractivity contribution < 1.29 is 4.74 Å². The summed E-state index contributed by atoms with van der Waals surface area (Å²) < 4.78 is 6.18. The Bertz CT molecular complexity index is 1470. The van der Waals surface area contributed by atoms with E-state index in [1.807, 2.05) is 19.3 Å². The number of ether oxygens (including phenoxy) is 1. The van der Waals surface area contributed by atoms with Crippen LogP contribution in [0.25, 0.3) is 10.9 Å². The summed E-state index contributed by atoms with van der Waals surface area (Å²) in [7, 11) is 1.92. The number of pyridine rings is 1. The lowest BCUT2D eigenvalue weighted by atomic mass is 9.71. The maximum Gasteiger partial charge on any atom is 0.124 e. The highest BCUT2D eigenvalue weighted by Gasteiger charge is 2.30. The highest BCUT2D eigenvalue weighted by Crippen LogP contribution is 2.44. The van der Waals surface area contributed by atoms with Crippen LogP contribution in [-0.4, -0.2) is 30.1 Å². The van der Waals surface area contributed by atoms with Gasteiger partial charge in [0.1, 0.15) is 12.4 Å². The second-order valence-corrected chi connectivity index (χ2v) is 11.7. The number of nitrogen functional groups attached to an aromatic ring is 1. The van der Waals surface area contributed by atoms with Crippen molar-refractivity contribution in [2.45, 2.75) is 53.6 Å². The lowest BCUT2D eigenvalue weighted by Crippen LogP contribution is -2.26. The SMILES string of the molecule is CNc1ccc(C(c2ccc(C)c(CN3CCOc4cc5cccnc5cc4C3)c2)C(C)(C)C)c(C)c1N. The van der Waals surface area contributed by atoms with Crippen LogP contribution >= 0.6 is 0 Å². The van der Waals surface area contributed by atoms with Gasteiger partial charge in [0.2, 0.25) is 0 Å². The van der Waals surface area contributed by atoms with Crippen molar-refractivity contribution in [2.24, 2.45) is 5.41 Å². The van der Waals surface area contributed by atoms with Crippen LogP contribution in [0.15, 0.2) is 60.8 Å². The zero-order valence-corrected chi connectivity index (χ0v) is 23.6. The molecule has 0 aliphatic carbocycles. The molecule has 1 atom stereocenters. The first kappa shape index (κ1) is 26.1. The summed E-state index contributed by atoms with van der Waals surface area (Å²) >= 11 is 0. The van der Waals surface area contributed by atoms with E-state index in [0.717, 1.165) is 53.2 Å². The third-order valence-electron chi connectivity index (χ3n) is 7.95. The monoisotopic (exact) mass is 508 g/mol. The molecule has 0 fully saturated rings. The molecule has 3 N–H and O–H groups in total. The molecule has 5 nitrogen and oxygen atoms in total. The van der Waals surface area contributed by atoms with Crippen molar-refractivity contribution in [1.29, 1.82) is 0 Å². The molecule has 1 unspecified atom stereocenters. The van der Waals surface area contributed by atoms with Gasteiger partial charge in [-0.2, -0.15) is 0 Å². The maximum absolute atomic E-state index is 6.53. The number of benzene rings is 3. The van der Waals surface area contributed by atoms with Crippen LogP contribution < -0.4 is 15.8 Å². The molecule has 0 spiro atoms. The van der Waals surface area contributed by atoms with Crippen LogP contribution in [0, 0.1) is 19.3 Å². The van der Waals surface area contributed by atoms with Gasteiger partial charge in [0.05, 0.1) is 16.9 Å². The predicted molar refractivity (Wildman–Crippen MR) is 159 cm³/mol. The molecule has 5 heteroatoms. The molecule has 3 aromatic carbocycles. The number of nitrogens with two attached hydrogens (primary N) is 1. The van der Waals surface area contributed by atoms with Crippen LogP contribution in [0.2, 0.25) is 0 Å². The van der Waals surface area contributed by atoms with Gasteiger partial charge >= 0.3 is 0 Å². The van der Waals surface area contributed by atoms with E-state index in [9.17, 15) is 0 Å². The minimum absolute atomic E-state index is 0.0222. The lowest BCUT2D eigenvalue weighted by Gasteiger charge is -2.34. The van der Waals surface area contributed by atoms with E-state index in [1.165, 1.54) is 27.8 Å². The van der Waals surface area contributed by atoms with Gasteiger partial charge in [-0.25, -0.2) is 0 Å². The average molecular weight is 509 g/mol. The van der Waals surface area contributed by atoms with E-state index < -0.39 is 0 Å². The van der Waals surface area contributed by atoms with E-state index in [2.05, 4.69) is 98.4 Å². The van der Waals surface area contributed by atoms with Crippen molar-refractivity contribution in [3.8, 4) is 5.75 Å². The van der Waals surface area contributed by atoms with Gasteiger partial charge in [0, 0.05) is 49.7 Å². The molecular weight excluding hydrogens is 468 g/mol. The number of nitrogens with zero attached hydrogens (tertiary/aromatic N) is 2. The molecule has 1 aromatic heterocycles. The molecule has 1 aliphatic heterocycles. The Kier molecular flexibility index (Phi) is 7.06. The van der Waals surface area contributed by atoms with Crippen LogP contribution in [-0.2, 0) is 13.1 Å². The number of fused-ring (bicyclic) bond motifs is 2. The second kappa shape index (κ2) is 10.3. The van der Waals surface area contributed by atoms with E-state index in [1.54, 1.807) is 0 Å². The molecule has 5 rings (SSSR count). The van der Waals surface area contributed by atoms with Gasteiger partial charge in [0.15, 0.2) is 0 Å². The zero-order chi connectivity index (χ0) is 27.0. The number of aryl methyl sites for hydroxylation is 1. The van der Waals surface area contributed by atoms with Crippen LogP contribution in [0.4, 0.5) is 11.4 Å². The average Bonchev–Trinajstić information content (AvgIpc) is 3.07. The maximum atomic E-state index is 6.53. The Hall–Kier alpha value is -3.57. The Labute approximate surface area is 227 Å². The zero-order valence-electron chi connectivity index (χ0n) is 23.6. The van der Waals surface area contributed by atoms with E-state index in [0.29, 0.717) is 6.61 Å². The van der Waals surface area contributed by atoms with Crippen LogP contribution in [0.3, 0.4) is 0 Å². The summed E-state index contributed by atoms with van der Waals surface area (Å²) in [6, 6.07) is 19.7. The van der Waals surface area contributed by atoms with Crippen LogP contribution in [0.1, 0.15) is 60.1 Å². The third-order valence-corrected chi connectivity index (χ3v) is 7.95. The number of rotatable bonds is 5. The lowest BCUT2D eigenvalue weighted by molar-refractivity contribution is 0.219. The summed E-state index contributed by atoms with van der Waals surface area (Å²) in [4.78, 5) is 7.05. The number of aromatic nitrogens is 1. The Morgan fingerprint density at radius 1 is 1.08 bits per heavy atom. The third kappa shape index (κ3) is 5.08. The fourth-order valence-corrected chi connectivity index (χ4v) is 5.84. The first-order valence-corrected chi connectivity index (χ1v) is 13.5. The number of hydrogen-bond acceptors (Lipinski definition) is 5. The smallest absolute Gasteiger partial charge is 0.124 e. The largest absolute Gasteiger partial charge is 0.492 e. The Morgan fingerprint density at radius 2 is 1.89 bits per heavy atom. The first-order chi connectivity index (χ1) is 18.2. The number of anilines is 2. The quantitative estimate of drug-likeness (QED) is 0.283. The van der Waals surface area contributed by atoms with Crippen molar-refractivity contribution in [3.63, 3.8) is 0 Å². The minimum atomic E-state index is 0.0222. The van der Waals surface area contributed by atoms with Gasteiger partial charge in [-0.15, -0.1) is 0 Å². The Balaban J connectivity index is 1.48. The fraction of sp³-hybridized carbons (Fsp3) is 0.364. The van der Waals surface area contributed by atoms with Gasteiger partial charge in [0.25, 0.3) is 0 Å². The topological polar surface area (TPSA) is 63.4 Å². The van der Waals surface area contributed by atoms with E-state index in [-0.39, 0.29) is 11.3 Å². The molecule has 2 heterocycles. The van der Waals surface area contributed by atoms with E-state index >= 15 is 0 Å². The molecule has 1 aliphatic rings. The van der Waals surface area contributed by atoms with E-state index in [4.69, 9.17) is 10.5 Å².